The number of nitrogens with one attached hydrogen (secondary N) is 1. The van der Waals surface area contributed by atoms with E-state index < -0.39 is 11.9 Å². The van der Waals surface area contributed by atoms with Gasteiger partial charge in [-0.1, -0.05) is 20.8 Å². The van der Waals surface area contributed by atoms with Crippen molar-refractivity contribution in [3.63, 3.8) is 0 Å². The molecule has 19 heavy (non-hydrogen) atoms. The zero-order valence-corrected chi connectivity index (χ0v) is 12.2. The Balaban J connectivity index is 2.46. The standard InChI is InChI=1S/C14H27NO4/c1-4-12(11(14(16)17)9-10(2)3)15-19-13-7-5-6-8-18-13/h10-13,15H,4-9H2,1-3H3,(H,16,17)/t11-,12+,13?/m1/s1. The predicted molar refractivity (Wildman–Crippen MR) is 72.5 cm³/mol. The summed E-state index contributed by atoms with van der Waals surface area (Å²) in [5.74, 6) is -0.835. The minimum Gasteiger partial charge on any atom is -0.481 e. The molecule has 0 amide bonds. The molecule has 0 bridgehead atoms. The van der Waals surface area contributed by atoms with E-state index in [1.807, 2.05) is 20.8 Å². The number of hydroxylamine groups is 1. The summed E-state index contributed by atoms with van der Waals surface area (Å²) in [7, 11) is 0. The number of hydrogen-bond acceptors (Lipinski definition) is 4. The van der Waals surface area contributed by atoms with Gasteiger partial charge in [-0.25, -0.2) is 0 Å². The lowest BCUT2D eigenvalue weighted by atomic mass is 9.89. The van der Waals surface area contributed by atoms with Crippen LogP contribution in [0.2, 0.25) is 0 Å². The summed E-state index contributed by atoms with van der Waals surface area (Å²) in [4.78, 5) is 16.9. The van der Waals surface area contributed by atoms with Crippen LogP contribution >= 0.6 is 0 Å². The van der Waals surface area contributed by atoms with Crippen molar-refractivity contribution in [2.75, 3.05) is 6.61 Å². The second-order valence-electron chi connectivity index (χ2n) is 5.62. The molecule has 5 heteroatoms. The lowest BCUT2D eigenvalue weighted by molar-refractivity contribution is -0.208. The molecular weight excluding hydrogens is 246 g/mol. The Morgan fingerprint density at radius 1 is 1.47 bits per heavy atom. The number of aliphatic carboxylic acids is 1. The molecule has 3 atom stereocenters. The van der Waals surface area contributed by atoms with E-state index in [1.165, 1.54) is 0 Å². The molecule has 0 aromatic carbocycles. The van der Waals surface area contributed by atoms with Crippen molar-refractivity contribution in [1.82, 2.24) is 5.48 Å². The summed E-state index contributed by atoms with van der Waals surface area (Å²) >= 11 is 0. The van der Waals surface area contributed by atoms with E-state index in [1.54, 1.807) is 0 Å². The van der Waals surface area contributed by atoms with Crippen LogP contribution in [0.25, 0.3) is 0 Å². The predicted octanol–water partition coefficient (Wildman–Crippen LogP) is 2.56. The monoisotopic (exact) mass is 273 g/mol. The van der Waals surface area contributed by atoms with Gasteiger partial charge >= 0.3 is 5.97 Å². The summed E-state index contributed by atoms with van der Waals surface area (Å²) < 4.78 is 5.46. The topological polar surface area (TPSA) is 67.8 Å². The molecule has 1 heterocycles. The Hall–Kier alpha value is -0.650. The van der Waals surface area contributed by atoms with Crippen LogP contribution in [0.4, 0.5) is 0 Å². The first-order valence-electron chi connectivity index (χ1n) is 7.30. The van der Waals surface area contributed by atoms with E-state index in [0.29, 0.717) is 12.3 Å². The van der Waals surface area contributed by atoms with E-state index >= 15 is 0 Å². The van der Waals surface area contributed by atoms with Gasteiger partial charge in [0.15, 0.2) is 6.29 Å². The number of carboxylic acid groups (broad SMARTS) is 1. The average molecular weight is 273 g/mol. The van der Waals surface area contributed by atoms with Crippen LogP contribution in [0, 0.1) is 11.8 Å². The van der Waals surface area contributed by atoms with Gasteiger partial charge in [-0.15, -0.1) is 0 Å². The zero-order valence-electron chi connectivity index (χ0n) is 12.2. The fourth-order valence-corrected chi connectivity index (χ4v) is 2.36. The maximum atomic E-state index is 11.4. The van der Waals surface area contributed by atoms with Crippen LogP contribution < -0.4 is 5.48 Å². The molecule has 2 N–H and O–H groups in total. The van der Waals surface area contributed by atoms with Gasteiger partial charge in [-0.2, -0.15) is 5.48 Å². The Bertz CT molecular complexity index is 264. The minimum absolute atomic E-state index is 0.176. The van der Waals surface area contributed by atoms with Crippen molar-refractivity contribution in [1.29, 1.82) is 0 Å². The first kappa shape index (κ1) is 16.4. The Labute approximate surface area is 115 Å². The van der Waals surface area contributed by atoms with Gasteiger partial charge in [0, 0.05) is 19.1 Å². The van der Waals surface area contributed by atoms with Crippen LogP contribution in [-0.4, -0.2) is 30.0 Å². The molecular formula is C14H27NO4. The maximum Gasteiger partial charge on any atom is 0.308 e. The van der Waals surface area contributed by atoms with Crippen LogP contribution in [0.5, 0.6) is 0 Å². The quantitative estimate of drug-likeness (QED) is 0.665. The average Bonchev–Trinajstić information content (AvgIpc) is 2.38. The van der Waals surface area contributed by atoms with Crippen molar-refractivity contribution in [2.24, 2.45) is 11.8 Å². The summed E-state index contributed by atoms with van der Waals surface area (Å²) in [5, 5.41) is 9.33. The molecule has 0 aromatic rings. The van der Waals surface area contributed by atoms with Crippen LogP contribution in [0.1, 0.15) is 52.9 Å². The van der Waals surface area contributed by atoms with Gasteiger partial charge < -0.3 is 9.84 Å². The van der Waals surface area contributed by atoms with Gasteiger partial charge in [0.25, 0.3) is 0 Å². The number of ether oxygens (including phenoxy) is 1. The molecule has 1 saturated heterocycles. The molecule has 1 fully saturated rings. The van der Waals surface area contributed by atoms with Crippen LogP contribution in [-0.2, 0) is 14.4 Å². The molecule has 0 radical (unpaired) electrons. The fourth-order valence-electron chi connectivity index (χ4n) is 2.36. The van der Waals surface area contributed by atoms with Gasteiger partial charge in [-0.05, 0) is 31.6 Å². The van der Waals surface area contributed by atoms with Crippen molar-refractivity contribution < 1.29 is 19.5 Å². The molecule has 1 rings (SSSR count). The Morgan fingerprint density at radius 2 is 2.21 bits per heavy atom. The van der Waals surface area contributed by atoms with Crippen LogP contribution in [0.15, 0.2) is 0 Å². The number of hydrogen-bond donors (Lipinski definition) is 2. The highest BCUT2D eigenvalue weighted by Gasteiger charge is 2.28. The van der Waals surface area contributed by atoms with Gasteiger partial charge in [0.05, 0.1) is 5.92 Å². The number of carboxylic acids is 1. The summed E-state index contributed by atoms with van der Waals surface area (Å²) in [6, 6.07) is -0.176. The van der Waals surface area contributed by atoms with Gasteiger partial charge in [-0.3, -0.25) is 9.63 Å². The van der Waals surface area contributed by atoms with E-state index in [0.717, 1.165) is 32.3 Å². The molecule has 5 nitrogen and oxygen atoms in total. The molecule has 1 aliphatic rings. The summed E-state index contributed by atoms with van der Waals surface area (Å²) in [6.45, 7) is 6.76. The van der Waals surface area contributed by atoms with Crippen molar-refractivity contribution in [2.45, 2.75) is 65.2 Å². The van der Waals surface area contributed by atoms with Crippen LogP contribution in [0.3, 0.4) is 0 Å². The first-order valence-corrected chi connectivity index (χ1v) is 7.30. The number of carbonyl (C=O) groups is 1. The van der Waals surface area contributed by atoms with E-state index in [2.05, 4.69) is 5.48 Å². The summed E-state index contributed by atoms with van der Waals surface area (Å²) in [6.07, 6.45) is 4.16. The largest absolute Gasteiger partial charge is 0.481 e. The van der Waals surface area contributed by atoms with Crippen molar-refractivity contribution in [3.8, 4) is 0 Å². The first-order chi connectivity index (χ1) is 9.04. The minimum atomic E-state index is -0.763. The highest BCUT2D eigenvalue weighted by atomic mass is 16.8. The zero-order chi connectivity index (χ0) is 14.3. The van der Waals surface area contributed by atoms with Crippen molar-refractivity contribution in [3.05, 3.63) is 0 Å². The van der Waals surface area contributed by atoms with E-state index in [4.69, 9.17) is 9.57 Å². The number of rotatable bonds is 8. The lowest BCUT2D eigenvalue weighted by Gasteiger charge is -2.28. The smallest absolute Gasteiger partial charge is 0.308 e. The van der Waals surface area contributed by atoms with E-state index in [9.17, 15) is 9.90 Å². The highest BCUT2D eigenvalue weighted by molar-refractivity contribution is 5.70. The maximum absolute atomic E-state index is 11.4. The molecule has 0 aliphatic carbocycles. The molecule has 112 valence electrons. The Morgan fingerprint density at radius 3 is 2.68 bits per heavy atom. The van der Waals surface area contributed by atoms with Gasteiger partial charge in [0.2, 0.25) is 0 Å². The molecule has 0 aromatic heterocycles. The second kappa shape index (κ2) is 8.51. The van der Waals surface area contributed by atoms with Gasteiger partial charge in [0.1, 0.15) is 0 Å². The lowest BCUT2D eigenvalue weighted by Crippen LogP contribution is -2.43. The SMILES string of the molecule is CC[C@H](NOC1CCCCO1)[C@@H](CC(C)C)C(=O)O. The summed E-state index contributed by atoms with van der Waals surface area (Å²) in [5.41, 5.74) is 2.92. The third-order valence-electron chi connectivity index (χ3n) is 3.46. The van der Waals surface area contributed by atoms with Crippen molar-refractivity contribution >= 4 is 5.97 Å². The Kier molecular flexibility index (Phi) is 7.34. The normalized spacial score (nSPS) is 23.3. The molecule has 1 aliphatic heterocycles. The second-order valence-corrected chi connectivity index (χ2v) is 5.62. The third-order valence-corrected chi connectivity index (χ3v) is 3.46. The molecule has 0 saturated carbocycles. The highest BCUT2D eigenvalue weighted by Crippen LogP contribution is 2.19. The molecule has 1 unspecified atom stereocenters. The van der Waals surface area contributed by atoms with E-state index in [-0.39, 0.29) is 12.3 Å². The molecule has 0 spiro atoms. The fraction of sp³-hybridized carbons (Fsp3) is 0.929. The third kappa shape index (κ3) is 5.89.